The molecule has 0 aliphatic heterocycles. The van der Waals surface area contributed by atoms with Crippen LogP contribution in [0.25, 0.3) is 0 Å². The summed E-state index contributed by atoms with van der Waals surface area (Å²) >= 11 is 0. The Balaban J connectivity index is 2.04. The first kappa shape index (κ1) is 17.1. The van der Waals surface area contributed by atoms with Crippen LogP contribution in [-0.4, -0.2) is 45.7 Å². The van der Waals surface area contributed by atoms with Crippen molar-refractivity contribution in [3.8, 4) is 0 Å². The maximum Gasteiger partial charge on any atom is 0.113 e. The Morgan fingerprint density at radius 1 is 1.05 bits per heavy atom. The van der Waals surface area contributed by atoms with Crippen molar-refractivity contribution in [3.05, 3.63) is 35.9 Å². The molecule has 0 aliphatic rings. The highest BCUT2D eigenvalue weighted by Crippen LogP contribution is 2.05. The van der Waals surface area contributed by atoms with Crippen LogP contribution < -0.4 is 5.32 Å². The van der Waals surface area contributed by atoms with Crippen LogP contribution in [-0.2, 0) is 15.9 Å². The third-order valence-electron chi connectivity index (χ3n) is 3.09. The molecule has 0 saturated heterocycles. The lowest BCUT2D eigenvalue weighted by Gasteiger charge is -2.17. The zero-order valence-corrected chi connectivity index (χ0v) is 12.3. The molecule has 0 bridgehead atoms. The molecule has 114 valence electrons. The average Bonchev–Trinajstić information content (AvgIpc) is 2.49. The van der Waals surface area contributed by atoms with Crippen LogP contribution in [0.1, 0.15) is 18.9 Å². The molecule has 1 atom stereocenters. The highest BCUT2D eigenvalue weighted by Gasteiger charge is 2.05. The van der Waals surface area contributed by atoms with Crippen molar-refractivity contribution in [2.45, 2.75) is 25.8 Å². The second-order valence-corrected chi connectivity index (χ2v) is 4.66. The summed E-state index contributed by atoms with van der Waals surface area (Å²) in [6.45, 7) is 4.39. The van der Waals surface area contributed by atoms with E-state index in [4.69, 9.17) is 9.47 Å². The van der Waals surface area contributed by atoms with E-state index in [1.807, 2.05) is 6.07 Å². The summed E-state index contributed by atoms with van der Waals surface area (Å²) in [5, 5.41) is 3.49. The van der Waals surface area contributed by atoms with Crippen molar-refractivity contribution in [3.63, 3.8) is 0 Å². The fourth-order valence-electron chi connectivity index (χ4n) is 1.97. The molecular weight excluding hydrogens is 257 g/mol. The van der Waals surface area contributed by atoms with E-state index in [9.17, 15) is 4.39 Å². The van der Waals surface area contributed by atoms with E-state index in [0.717, 1.165) is 19.4 Å². The summed E-state index contributed by atoms with van der Waals surface area (Å²) in [7, 11) is 0. The molecule has 3 nitrogen and oxygen atoms in total. The van der Waals surface area contributed by atoms with E-state index in [-0.39, 0.29) is 6.61 Å². The zero-order valence-electron chi connectivity index (χ0n) is 12.3. The summed E-state index contributed by atoms with van der Waals surface area (Å²) in [5.74, 6) is 0. The van der Waals surface area contributed by atoms with Gasteiger partial charge in [0.05, 0.1) is 26.4 Å². The van der Waals surface area contributed by atoms with Gasteiger partial charge < -0.3 is 14.8 Å². The number of hydrogen-bond acceptors (Lipinski definition) is 3. The molecule has 20 heavy (non-hydrogen) atoms. The van der Waals surface area contributed by atoms with Gasteiger partial charge in [0, 0.05) is 12.6 Å². The van der Waals surface area contributed by atoms with E-state index in [2.05, 4.69) is 36.5 Å². The Bertz CT molecular complexity index is 322. The normalized spacial score (nSPS) is 12.5. The van der Waals surface area contributed by atoms with Crippen LogP contribution in [0.15, 0.2) is 30.3 Å². The van der Waals surface area contributed by atoms with E-state index in [1.54, 1.807) is 0 Å². The predicted octanol–water partition coefficient (Wildman–Crippen LogP) is 2.60. The zero-order chi connectivity index (χ0) is 14.5. The van der Waals surface area contributed by atoms with Crippen LogP contribution in [0.5, 0.6) is 0 Å². The highest BCUT2D eigenvalue weighted by atomic mass is 19.1. The van der Waals surface area contributed by atoms with Crippen molar-refractivity contribution >= 4 is 0 Å². The van der Waals surface area contributed by atoms with Gasteiger partial charge in [-0.15, -0.1) is 0 Å². The molecular formula is C16H26FNO2. The smallest absolute Gasteiger partial charge is 0.113 e. The monoisotopic (exact) mass is 283 g/mol. The minimum atomic E-state index is -0.431. The molecule has 1 rings (SSSR count). The summed E-state index contributed by atoms with van der Waals surface area (Å²) in [6.07, 6.45) is 2.13. The van der Waals surface area contributed by atoms with Crippen LogP contribution in [0, 0.1) is 0 Å². The number of ether oxygens (including phenoxy) is 2. The standard InChI is InChI=1S/C16H26FNO2/c1-2-16(14-15-6-4-3-5-7-15)18-9-11-20-13-12-19-10-8-17/h3-7,16,18H,2,8-14H2,1H3. The summed E-state index contributed by atoms with van der Waals surface area (Å²) in [5.41, 5.74) is 1.35. The van der Waals surface area contributed by atoms with E-state index in [0.29, 0.717) is 25.9 Å². The Morgan fingerprint density at radius 3 is 2.40 bits per heavy atom. The lowest BCUT2D eigenvalue weighted by Crippen LogP contribution is -2.33. The van der Waals surface area contributed by atoms with Gasteiger partial charge in [-0.05, 0) is 18.4 Å². The number of halogens is 1. The summed E-state index contributed by atoms with van der Waals surface area (Å²) in [4.78, 5) is 0. The van der Waals surface area contributed by atoms with Gasteiger partial charge in [0.2, 0.25) is 0 Å². The number of alkyl halides is 1. The SMILES string of the molecule is CCC(Cc1ccccc1)NCCOCCOCCF. The van der Waals surface area contributed by atoms with Crippen LogP contribution >= 0.6 is 0 Å². The largest absolute Gasteiger partial charge is 0.378 e. The molecule has 0 fully saturated rings. The predicted molar refractivity (Wildman–Crippen MR) is 79.8 cm³/mol. The maximum absolute atomic E-state index is 11.8. The van der Waals surface area contributed by atoms with Gasteiger partial charge in [0.15, 0.2) is 0 Å². The fraction of sp³-hybridized carbons (Fsp3) is 0.625. The van der Waals surface area contributed by atoms with Gasteiger partial charge >= 0.3 is 0 Å². The maximum atomic E-state index is 11.8. The highest BCUT2D eigenvalue weighted by molar-refractivity contribution is 5.15. The Labute approximate surface area is 121 Å². The molecule has 1 unspecified atom stereocenters. The van der Waals surface area contributed by atoms with E-state index < -0.39 is 6.67 Å². The van der Waals surface area contributed by atoms with Gasteiger partial charge in [-0.2, -0.15) is 0 Å². The first-order chi connectivity index (χ1) is 9.86. The molecule has 0 heterocycles. The first-order valence-corrected chi connectivity index (χ1v) is 7.35. The van der Waals surface area contributed by atoms with Crippen molar-refractivity contribution in [1.82, 2.24) is 5.32 Å². The van der Waals surface area contributed by atoms with Crippen molar-refractivity contribution in [2.24, 2.45) is 0 Å². The Kier molecular flexibility index (Phi) is 10.1. The van der Waals surface area contributed by atoms with Gasteiger partial charge in [0.25, 0.3) is 0 Å². The molecule has 0 radical (unpaired) electrons. The van der Waals surface area contributed by atoms with Gasteiger partial charge in [-0.3, -0.25) is 0 Å². The lowest BCUT2D eigenvalue weighted by molar-refractivity contribution is 0.0432. The quantitative estimate of drug-likeness (QED) is 0.598. The number of hydrogen-bond donors (Lipinski definition) is 1. The fourth-order valence-corrected chi connectivity index (χ4v) is 1.97. The van der Waals surface area contributed by atoms with Crippen molar-refractivity contribution < 1.29 is 13.9 Å². The minimum Gasteiger partial charge on any atom is -0.378 e. The van der Waals surface area contributed by atoms with Crippen LogP contribution in [0.4, 0.5) is 4.39 Å². The average molecular weight is 283 g/mol. The van der Waals surface area contributed by atoms with Crippen LogP contribution in [0.3, 0.4) is 0 Å². The Hall–Kier alpha value is -0.970. The van der Waals surface area contributed by atoms with Gasteiger partial charge in [-0.25, -0.2) is 4.39 Å². The molecule has 0 amide bonds. The second-order valence-electron chi connectivity index (χ2n) is 4.66. The topological polar surface area (TPSA) is 30.5 Å². The third kappa shape index (κ3) is 8.25. The molecule has 1 aromatic carbocycles. The van der Waals surface area contributed by atoms with E-state index in [1.165, 1.54) is 5.56 Å². The van der Waals surface area contributed by atoms with Gasteiger partial charge in [0.1, 0.15) is 6.67 Å². The molecule has 4 heteroatoms. The Morgan fingerprint density at radius 2 is 1.75 bits per heavy atom. The third-order valence-corrected chi connectivity index (χ3v) is 3.09. The molecule has 0 spiro atoms. The lowest BCUT2D eigenvalue weighted by atomic mass is 10.0. The molecule has 0 saturated carbocycles. The molecule has 1 N–H and O–H groups in total. The number of rotatable bonds is 12. The number of benzene rings is 1. The number of nitrogens with one attached hydrogen (secondary N) is 1. The van der Waals surface area contributed by atoms with Crippen LogP contribution in [0.2, 0.25) is 0 Å². The van der Waals surface area contributed by atoms with Gasteiger partial charge in [-0.1, -0.05) is 37.3 Å². The minimum absolute atomic E-state index is 0.163. The molecule has 0 aliphatic carbocycles. The molecule has 1 aromatic rings. The van der Waals surface area contributed by atoms with Crippen molar-refractivity contribution in [2.75, 3.05) is 39.6 Å². The van der Waals surface area contributed by atoms with Crippen molar-refractivity contribution in [1.29, 1.82) is 0 Å². The first-order valence-electron chi connectivity index (χ1n) is 7.35. The summed E-state index contributed by atoms with van der Waals surface area (Å²) in [6, 6.07) is 11.0. The molecule has 0 aromatic heterocycles. The second kappa shape index (κ2) is 11.8. The summed E-state index contributed by atoms with van der Waals surface area (Å²) < 4.78 is 22.2. The van der Waals surface area contributed by atoms with E-state index >= 15 is 0 Å².